The minimum atomic E-state index is -1.05. The Balaban J connectivity index is 1.57. The maximum Gasteiger partial charge on any atom is 0.319 e. The number of methoxy groups -OCH3 is 2. The summed E-state index contributed by atoms with van der Waals surface area (Å²) in [5.74, 6) is 0.552. The molecular formula is C20H24FN3O3. The van der Waals surface area contributed by atoms with E-state index < -0.39 is 5.60 Å². The van der Waals surface area contributed by atoms with E-state index in [2.05, 4.69) is 14.9 Å². The molecule has 0 radical (unpaired) electrons. The molecule has 7 heteroatoms. The Morgan fingerprint density at radius 1 is 1.26 bits per heavy atom. The first-order chi connectivity index (χ1) is 13.0. The summed E-state index contributed by atoms with van der Waals surface area (Å²) >= 11 is 0. The van der Waals surface area contributed by atoms with Crippen LogP contribution in [-0.4, -0.2) is 47.3 Å². The predicted octanol–water partition coefficient (Wildman–Crippen LogP) is 2.36. The van der Waals surface area contributed by atoms with Crippen LogP contribution < -0.4 is 9.47 Å². The van der Waals surface area contributed by atoms with Gasteiger partial charge in [0.25, 0.3) is 0 Å². The van der Waals surface area contributed by atoms with Crippen LogP contribution in [0.2, 0.25) is 0 Å². The highest BCUT2D eigenvalue weighted by Crippen LogP contribution is 2.52. The molecule has 1 aromatic heterocycles. The van der Waals surface area contributed by atoms with Gasteiger partial charge in [0.15, 0.2) is 0 Å². The summed E-state index contributed by atoms with van der Waals surface area (Å²) in [4.78, 5) is 10.6. The highest BCUT2D eigenvalue weighted by Gasteiger charge is 2.53. The molecule has 1 N–H and O–H groups in total. The van der Waals surface area contributed by atoms with Crippen molar-refractivity contribution in [2.24, 2.45) is 11.8 Å². The number of halogens is 1. The zero-order valence-electron chi connectivity index (χ0n) is 15.6. The second-order valence-corrected chi connectivity index (χ2v) is 7.39. The molecule has 1 saturated heterocycles. The second-order valence-electron chi connectivity index (χ2n) is 7.39. The van der Waals surface area contributed by atoms with Crippen molar-refractivity contribution in [1.29, 1.82) is 0 Å². The highest BCUT2D eigenvalue weighted by molar-refractivity contribution is 5.34. The van der Waals surface area contributed by atoms with Gasteiger partial charge in [0, 0.05) is 37.3 Å². The van der Waals surface area contributed by atoms with E-state index in [1.807, 2.05) is 12.1 Å². The summed E-state index contributed by atoms with van der Waals surface area (Å²) in [6, 6.07) is 7.07. The van der Waals surface area contributed by atoms with Crippen molar-refractivity contribution in [1.82, 2.24) is 14.9 Å². The Kier molecular flexibility index (Phi) is 4.74. The van der Waals surface area contributed by atoms with Gasteiger partial charge >= 0.3 is 6.01 Å². The van der Waals surface area contributed by atoms with Crippen LogP contribution >= 0.6 is 0 Å². The third-order valence-electron chi connectivity index (χ3n) is 5.95. The SMILES string of the molecule is COc1ncc([C@]2(O)CC[C@H]3CN(Cc4ccccc4F)C[C@H]32)c(OC)n1. The molecule has 1 aromatic carbocycles. The first kappa shape index (κ1) is 18.1. The molecule has 2 heterocycles. The minimum absolute atomic E-state index is 0.0372. The maximum atomic E-state index is 14.0. The van der Waals surface area contributed by atoms with Crippen molar-refractivity contribution >= 4 is 0 Å². The zero-order chi connectivity index (χ0) is 19.0. The van der Waals surface area contributed by atoms with Crippen molar-refractivity contribution < 1.29 is 19.0 Å². The molecule has 4 rings (SSSR count). The van der Waals surface area contributed by atoms with Gasteiger partial charge in [-0.3, -0.25) is 4.90 Å². The van der Waals surface area contributed by atoms with Crippen molar-refractivity contribution in [3.8, 4) is 11.9 Å². The molecule has 144 valence electrons. The molecule has 0 amide bonds. The van der Waals surface area contributed by atoms with Crippen molar-refractivity contribution in [3.63, 3.8) is 0 Å². The quantitative estimate of drug-likeness (QED) is 0.868. The second kappa shape index (κ2) is 7.05. The van der Waals surface area contributed by atoms with E-state index in [9.17, 15) is 9.50 Å². The normalized spacial score (nSPS) is 27.6. The maximum absolute atomic E-state index is 14.0. The number of rotatable bonds is 5. The lowest BCUT2D eigenvalue weighted by Crippen LogP contribution is -2.35. The van der Waals surface area contributed by atoms with Gasteiger partial charge in [-0.25, -0.2) is 9.37 Å². The number of aliphatic hydroxyl groups is 1. The van der Waals surface area contributed by atoms with Crippen LogP contribution in [-0.2, 0) is 12.1 Å². The third kappa shape index (κ3) is 3.15. The third-order valence-corrected chi connectivity index (χ3v) is 5.95. The number of nitrogens with zero attached hydrogens (tertiary/aromatic N) is 3. The number of benzene rings is 1. The Morgan fingerprint density at radius 3 is 2.81 bits per heavy atom. The minimum Gasteiger partial charge on any atom is -0.481 e. The topological polar surface area (TPSA) is 67.7 Å². The fraction of sp³-hybridized carbons (Fsp3) is 0.500. The number of ether oxygens (including phenoxy) is 2. The Hall–Kier alpha value is -2.25. The van der Waals surface area contributed by atoms with E-state index in [1.54, 1.807) is 12.3 Å². The van der Waals surface area contributed by atoms with Gasteiger partial charge in [0.05, 0.1) is 19.8 Å². The van der Waals surface area contributed by atoms with Crippen LogP contribution in [0.3, 0.4) is 0 Å². The number of fused-ring (bicyclic) bond motifs is 1. The van der Waals surface area contributed by atoms with Crippen molar-refractivity contribution in [3.05, 3.63) is 47.4 Å². The summed E-state index contributed by atoms with van der Waals surface area (Å²) in [5.41, 5.74) is 0.240. The van der Waals surface area contributed by atoms with Gasteiger partial charge < -0.3 is 14.6 Å². The van der Waals surface area contributed by atoms with Gasteiger partial charge in [0.2, 0.25) is 5.88 Å². The number of likely N-dealkylation sites (tertiary alicyclic amines) is 1. The summed E-state index contributed by atoms with van der Waals surface area (Å²) in [6.07, 6.45) is 3.15. The number of aromatic nitrogens is 2. The Morgan fingerprint density at radius 2 is 2.07 bits per heavy atom. The summed E-state index contributed by atoms with van der Waals surface area (Å²) in [6.45, 7) is 2.09. The van der Waals surface area contributed by atoms with Crippen LogP contribution in [0.25, 0.3) is 0 Å². The average Bonchev–Trinajstić information content (AvgIpc) is 3.23. The van der Waals surface area contributed by atoms with Crippen LogP contribution in [0.5, 0.6) is 11.9 Å². The first-order valence-electron chi connectivity index (χ1n) is 9.18. The molecule has 0 bridgehead atoms. The van der Waals surface area contributed by atoms with Crippen molar-refractivity contribution in [2.75, 3.05) is 27.3 Å². The van der Waals surface area contributed by atoms with E-state index in [0.717, 1.165) is 13.0 Å². The largest absolute Gasteiger partial charge is 0.481 e. The zero-order valence-corrected chi connectivity index (χ0v) is 15.6. The number of hydrogen-bond acceptors (Lipinski definition) is 6. The van der Waals surface area contributed by atoms with Crippen LogP contribution in [0.15, 0.2) is 30.5 Å². The van der Waals surface area contributed by atoms with E-state index in [4.69, 9.17) is 9.47 Å². The first-order valence-corrected chi connectivity index (χ1v) is 9.18. The molecule has 2 aliphatic rings. The van der Waals surface area contributed by atoms with Gasteiger partial charge in [-0.05, 0) is 24.8 Å². The van der Waals surface area contributed by atoms with Crippen LogP contribution in [0, 0.1) is 17.7 Å². The van der Waals surface area contributed by atoms with Gasteiger partial charge in [-0.2, -0.15) is 4.98 Å². The lowest BCUT2D eigenvalue weighted by Gasteiger charge is -2.31. The molecule has 3 atom stereocenters. The van der Waals surface area contributed by atoms with E-state index in [0.29, 0.717) is 42.4 Å². The molecule has 1 saturated carbocycles. The molecule has 6 nitrogen and oxygen atoms in total. The molecule has 1 aliphatic carbocycles. The van der Waals surface area contributed by atoms with E-state index >= 15 is 0 Å². The molecule has 27 heavy (non-hydrogen) atoms. The fourth-order valence-electron chi connectivity index (χ4n) is 4.62. The van der Waals surface area contributed by atoms with Crippen LogP contribution in [0.1, 0.15) is 24.0 Å². The summed E-state index contributed by atoms with van der Waals surface area (Å²) in [5, 5.41) is 11.5. The average molecular weight is 373 g/mol. The van der Waals surface area contributed by atoms with Gasteiger partial charge in [0.1, 0.15) is 11.4 Å². The Bertz CT molecular complexity index is 834. The summed E-state index contributed by atoms with van der Waals surface area (Å²) < 4.78 is 24.5. The number of hydrogen-bond donors (Lipinski definition) is 1. The molecule has 0 unspecified atom stereocenters. The van der Waals surface area contributed by atoms with E-state index in [1.165, 1.54) is 20.3 Å². The van der Waals surface area contributed by atoms with Gasteiger partial charge in [-0.1, -0.05) is 18.2 Å². The van der Waals surface area contributed by atoms with Gasteiger partial charge in [-0.15, -0.1) is 0 Å². The smallest absolute Gasteiger partial charge is 0.319 e. The molecule has 2 fully saturated rings. The van der Waals surface area contributed by atoms with Crippen LogP contribution in [0.4, 0.5) is 4.39 Å². The molecule has 1 aliphatic heterocycles. The molecular weight excluding hydrogens is 349 g/mol. The predicted molar refractivity (Wildman–Crippen MR) is 96.9 cm³/mol. The monoisotopic (exact) mass is 373 g/mol. The lowest BCUT2D eigenvalue weighted by molar-refractivity contribution is -0.00974. The lowest BCUT2D eigenvalue weighted by atomic mass is 9.83. The highest BCUT2D eigenvalue weighted by atomic mass is 19.1. The fourth-order valence-corrected chi connectivity index (χ4v) is 4.62. The standard InChI is InChI=1S/C20H24FN3O3/c1-26-18-15(9-22-19(23-18)27-2)20(25)8-7-13-10-24(12-16(13)20)11-14-5-3-4-6-17(14)21/h3-6,9,13,16,25H,7-8,10-12H2,1-2H3/t13-,16+,20+/m0/s1. The molecule has 2 aromatic rings. The summed E-state index contributed by atoms with van der Waals surface area (Å²) in [7, 11) is 3.02. The van der Waals surface area contributed by atoms with Crippen molar-refractivity contribution in [2.45, 2.75) is 25.0 Å². The molecule has 0 spiro atoms. The van der Waals surface area contributed by atoms with E-state index in [-0.39, 0.29) is 17.7 Å². The Labute approximate surface area is 158 Å².